The number of hydrogen-bond donors (Lipinski definition) is 1. The van der Waals surface area contributed by atoms with Crippen LogP contribution in [0.4, 0.5) is 0 Å². The minimum atomic E-state index is 0.122. The average molecular weight is 340 g/mol. The molecule has 1 atom stereocenters. The largest absolute Gasteiger partial charge is 0.496 e. The molecule has 1 unspecified atom stereocenters. The number of benzene rings is 2. The Morgan fingerprint density at radius 3 is 2.23 bits per heavy atom. The van der Waals surface area contributed by atoms with Crippen LogP contribution in [0.25, 0.3) is 0 Å². The van der Waals surface area contributed by atoms with Crippen LogP contribution >= 0.6 is 23.2 Å². The Hall–Kier alpha value is -1.42. The van der Waals surface area contributed by atoms with Gasteiger partial charge < -0.3 is 15.2 Å². The van der Waals surface area contributed by atoms with Gasteiger partial charge in [0, 0.05) is 5.92 Å². The highest BCUT2D eigenvalue weighted by Gasteiger charge is 2.17. The number of para-hydroxylation sites is 1. The van der Waals surface area contributed by atoms with E-state index in [0.29, 0.717) is 22.3 Å². The van der Waals surface area contributed by atoms with Crippen molar-refractivity contribution in [3.8, 4) is 11.5 Å². The van der Waals surface area contributed by atoms with Crippen molar-refractivity contribution in [3.05, 3.63) is 57.6 Å². The molecule has 0 aliphatic heterocycles. The van der Waals surface area contributed by atoms with E-state index in [1.165, 1.54) is 0 Å². The predicted octanol–water partition coefficient (Wildman–Crippen LogP) is 4.30. The van der Waals surface area contributed by atoms with E-state index in [4.69, 9.17) is 38.4 Å². The minimum absolute atomic E-state index is 0.122. The van der Waals surface area contributed by atoms with Gasteiger partial charge >= 0.3 is 0 Å². The van der Waals surface area contributed by atoms with Gasteiger partial charge in [-0.2, -0.15) is 0 Å². The van der Waals surface area contributed by atoms with Crippen molar-refractivity contribution >= 4 is 23.2 Å². The molecule has 0 spiro atoms. The maximum absolute atomic E-state index is 6.20. The first kappa shape index (κ1) is 16.9. The summed E-state index contributed by atoms with van der Waals surface area (Å²) in [6.45, 7) is 0.502. The molecule has 5 heteroatoms. The first-order valence-corrected chi connectivity index (χ1v) is 7.71. The second-order valence-corrected chi connectivity index (χ2v) is 5.79. The molecule has 2 N–H and O–H groups in total. The zero-order chi connectivity index (χ0) is 16.1. The Labute approximate surface area is 140 Å². The van der Waals surface area contributed by atoms with Gasteiger partial charge in [0.1, 0.15) is 5.75 Å². The van der Waals surface area contributed by atoms with E-state index in [0.717, 1.165) is 23.3 Å². The predicted molar refractivity (Wildman–Crippen MR) is 91.5 cm³/mol. The lowest BCUT2D eigenvalue weighted by Crippen LogP contribution is -2.16. The number of ether oxygens (including phenoxy) is 2. The van der Waals surface area contributed by atoms with Crippen LogP contribution in [-0.4, -0.2) is 20.8 Å². The molecule has 2 rings (SSSR count). The molecule has 0 aliphatic rings. The average Bonchev–Trinajstić information content (AvgIpc) is 2.52. The molecular formula is C17H19Cl2NO2. The third-order valence-corrected chi connectivity index (χ3v) is 4.17. The summed E-state index contributed by atoms with van der Waals surface area (Å²) in [6, 6.07) is 11.6. The van der Waals surface area contributed by atoms with Crippen molar-refractivity contribution in [2.45, 2.75) is 12.3 Å². The Balaban J connectivity index is 2.31. The monoisotopic (exact) mass is 339 g/mol. The summed E-state index contributed by atoms with van der Waals surface area (Å²) in [6.07, 6.45) is 0.723. The van der Waals surface area contributed by atoms with Gasteiger partial charge in [-0.15, -0.1) is 0 Å². The van der Waals surface area contributed by atoms with Crippen molar-refractivity contribution in [2.24, 2.45) is 5.73 Å². The Bertz CT molecular complexity index is 623. The number of rotatable bonds is 6. The Morgan fingerprint density at radius 2 is 1.68 bits per heavy atom. The number of methoxy groups -OCH3 is 2. The molecule has 0 bridgehead atoms. The molecule has 2 aromatic rings. The lowest BCUT2D eigenvalue weighted by Gasteiger charge is -2.19. The lowest BCUT2D eigenvalue weighted by molar-refractivity contribution is 0.405. The highest BCUT2D eigenvalue weighted by molar-refractivity contribution is 6.37. The standard InChI is InChI=1S/C17H19Cl2NO2/c1-21-16-6-4-3-5-13(16)12(10-20)7-11-8-14(18)17(22-2)15(19)9-11/h3-6,8-9,12H,7,10,20H2,1-2H3. The van der Waals surface area contributed by atoms with Gasteiger partial charge in [-0.3, -0.25) is 0 Å². The summed E-state index contributed by atoms with van der Waals surface area (Å²) in [5.74, 6) is 1.45. The molecule has 0 saturated heterocycles. The number of nitrogens with two attached hydrogens (primary N) is 1. The molecule has 118 valence electrons. The molecule has 0 radical (unpaired) electrons. The number of hydrogen-bond acceptors (Lipinski definition) is 3. The summed E-state index contributed by atoms with van der Waals surface area (Å²) < 4.78 is 10.6. The smallest absolute Gasteiger partial charge is 0.156 e. The molecule has 0 heterocycles. The van der Waals surface area contributed by atoms with E-state index in [9.17, 15) is 0 Å². The van der Waals surface area contributed by atoms with Crippen LogP contribution in [0.1, 0.15) is 17.0 Å². The maximum Gasteiger partial charge on any atom is 0.156 e. The van der Waals surface area contributed by atoms with E-state index in [1.54, 1.807) is 14.2 Å². The molecule has 3 nitrogen and oxygen atoms in total. The van der Waals surface area contributed by atoms with E-state index < -0.39 is 0 Å². The van der Waals surface area contributed by atoms with Crippen molar-refractivity contribution in [2.75, 3.05) is 20.8 Å². The van der Waals surface area contributed by atoms with Crippen molar-refractivity contribution in [3.63, 3.8) is 0 Å². The van der Waals surface area contributed by atoms with E-state index in [2.05, 4.69) is 0 Å². The minimum Gasteiger partial charge on any atom is -0.496 e. The molecule has 0 fully saturated rings. The van der Waals surface area contributed by atoms with E-state index >= 15 is 0 Å². The first-order chi connectivity index (χ1) is 10.6. The van der Waals surface area contributed by atoms with E-state index in [1.807, 2.05) is 36.4 Å². The topological polar surface area (TPSA) is 44.5 Å². The molecule has 22 heavy (non-hydrogen) atoms. The first-order valence-electron chi connectivity index (χ1n) is 6.95. The third kappa shape index (κ3) is 3.67. The van der Waals surface area contributed by atoms with Crippen molar-refractivity contribution < 1.29 is 9.47 Å². The molecular weight excluding hydrogens is 321 g/mol. The van der Waals surface area contributed by atoms with Gasteiger partial charge in [-0.25, -0.2) is 0 Å². The fourth-order valence-corrected chi connectivity index (χ4v) is 3.22. The normalized spacial score (nSPS) is 12.0. The lowest BCUT2D eigenvalue weighted by atomic mass is 9.91. The molecule has 0 aliphatic carbocycles. The maximum atomic E-state index is 6.20. The van der Waals surface area contributed by atoms with Crippen LogP contribution in [0, 0.1) is 0 Å². The second-order valence-electron chi connectivity index (χ2n) is 4.97. The zero-order valence-corrected chi connectivity index (χ0v) is 14.1. The summed E-state index contributed by atoms with van der Waals surface area (Å²) in [5, 5.41) is 1.00. The fraction of sp³-hybridized carbons (Fsp3) is 0.294. The number of halogens is 2. The van der Waals surface area contributed by atoms with Crippen LogP contribution in [0.15, 0.2) is 36.4 Å². The fourth-order valence-electron chi connectivity index (χ4n) is 2.53. The van der Waals surface area contributed by atoms with Gasteiger partial charge in [-0.05, 0) is 42.3 Å². The van der Waals surface area contributed by atoms with Gasteiger partial charge in [0.25, 0.3) is 0 Å². The zero-order valence-electron chi connectivity index (χ0n) is 12.6. The Kier molecular flexibility index (Phi) is 5.95. The van der Waals surface area contributed by atoms with Crippen LogP contribution in [-0.2, 0) is 6.42 Å². The van der Waals surface area contributed by atoms with E-state index in [-0.39, 0.29) is 5.92 Å². The molecule has 0 saturated carbocycles. The van der Waals surface area contributed by atoms with Gasteiger partial charge in [-0.1, -0.05) is 41.4 Å². The van der Waals surface area contributed by atoms with Crippen LogP contribution in [0.2, 0.25) is 10.0 Å². The quantitative estimate of drug-likeness (QED) is 0.853. The summed E-state index contributed by atoms with van der Waals surface area (Å²) in [7, 11) is 3.21. The summed E-state index contributed by atoms with van der Waals surface area (Å²) >= 11 is 12.4. The SMILES string of the molecule is COc1ccccc1C(CN)Cc1cc(Cl)c(OC)c(Cl)c1. The van der Waals surface area contributed by atoms with Crippen molar-refractivity contribution in [1.29, 1.82) is 0 Å². The van der Waals surface area contributed by atoms with Gasteiger partial charge in [0.2, 0.25) is 0 Å². The summed E-state index contributed by atoms with van der Waals surface area (Å²) in [5.41, 5.74) is 8.05. The highest BCUT2D eigenvalue weighted by atomic mass is 35.5. The second kappa shape index (κ2) is 7.73. The van der Waals surface area contributed by atoms with Gasteiger partial charge in [0.05, 0.1) is 24.3 Å². The van der Waals surface area contributed by atoms with Crippen molar-refractivity contribution in [1.82, 2.24) is 0 Å². The molecule has 2 aromatic carbocycles. The van der Waals surface area contributed by atoms with Gasteiger partial charge in [0.15, 0.2) is 5.75 Å². The third-order valence-electron chi connectivity index (χ3n) is 3.61. The van der Waals surface area contributed by atoms with Crippen LogP contribution in [0.5, 0.6) is 11.5 Å². The summed E-state index contributed by atoms with van der Waals surface area (Å²) in [4.78, 5) is 0. The molecule has 0 aromatic heterocycles. The van der Waals surface area contributed by atoms with Crippen LogP contribution in [0.3, 0.4) is 0 Å². The highest BCUT2D eigenvalue weighted by Crippen LogP contribution is 2.36. The Morgan fingerprint density at radius 1 is 1.05 bits per heavy atom. The molecule has 0 amide bonds. The van der Waals surface area contributed by atoms with Crippen LogP contribution < -0.4 is 15.2 Å².